The van der Waals surface area contributed by atoms with Crippen molar-refractivity contribution in [1.82, 2.24) is 10.3 Å². The number of unbranched alkanes of at least 4 members (excludes halogenated alkanes) is 2. The number of amides is 1. The molecule has 4 nitrogen and oxygen atoms in total. The molecule has 0 aromatic heterocycles. The molecule has 0 bridgehead atoms. The molecule has 4 aromatic carbocycles. The van der Waals surface area contributed by atoms with Gasteiger partial charge in [0.05, 0.1) is 4.87 Å². The highest BCUT2D eigenvalue weighted by atomic mass is 35.5. The van der Waals surface area contributed by atoms with E-state index in [0.717, 1.165) is 67.3 Å². The van der Waals surface area contributed by atoms with E-state index in [9.17, 15) is 4.79 Å². The zero-order valence-corrected chi connectivity index (χ0v) is 30.4. The average Bonchev–Trinajstić information content (AvgIpc) is 3.14. The Kier molecular flexibility index (Phi) is 14.9. The molecule has 0 saturated carbocycles. The highest BCUT2D eigenvalue weighted by Crippen LogP contribution is 2.37. The maximum Gasteiger partial charge on any atom is 0.253 e. The first kappa shape index (κ1) is 37.5. The number of alkyl halides is 2. The third-order valence-electron chi connectivity index (χ3n) is 9.57. The molecule has 2 atom stereocenters. The molecule has 1 amide bonds. The molecule has 256 valence electrons. The molecule has 0 spiro atoms. The van der Waals surface area contributed by atoms with Gasteiger partial charge in [-0.3, -0.25) is 4.79 Å². The molecule has 0 saturated heterocycles. The fraction of sp³-hybridized carbons (Fsp3) is 0.405. The summed E-state index contributed by atoms with van der Waals surface area (Å²) in [6.07, 6.45) is 8.00. The van der Waals surface area contributed by atoms with Gasteiger partial charge in [-0.25, -0.2) is 5.43 Å². The molecule has 0 heterocycles. The summed E-state index contributed by atoms with van der Waals surface area (Å²) in [4.78, 5) is 15.7. The first-order chi connectivity index (χ1) is 23.4. The molecule has 4 aromatic rings. The van der Waals surface area contributed by atoms with E-state index >= 15 is 0 Å². The Bertz CT molecular complexity index is 1390. The van der Waals surface area contributed by atoms with Gasteiger partial charge in [0.15, 0.2) is 0 Å². The van der Waals surface area contributed by atoms with E-state index < -0.39 is 10.4 Å². The lowest BCUT2D eigenvalue weighted by Gasteiger charge is -2.37. The molecule has 6 heteroatoms. The first-order valence-electron chi connectivity index (χ1n) is 17.7. The van der Waals surface area contributed by atoms with E-state index in [2.05, 4.69) is 104 Å². The van der Waals surface area contributed by atoms with Crippen LogP contribution in [-0.4, -0.2) is 34.7 Å². The van der Waals surface area contributed by atoms with Gasteiger partial charge in [-0.2, -0.15) is 0 Å². The summed E-state index contributed by atoms with van der Waals surface area (Å²) < 4.78 is 0. The number of halogens is 2. The Hall–Kier alpha value is -3.31. The number of hydrogen-bond acceptors (Lipinski definition) is 3. The van der Waals surface area contributed by atoms with Crippen LogP contribution in [0.4, 0.5) is 5.69 Å². The van der Waals surface area contributed by atoms with Gasteiger partial charge in [-0.05, 0) is 72.6 Å². The standard InChI is InChI=1S/C42H53Cl2N3O/c1-4-7-19-34(5-2)32-47(33-41(44,6-3)30-17-18-31-43)40(48)35-26-28-39(29-27-35)45-46-42(36-20-11-8-12-21-36,37-22-13-9-14-23-37)38-24-15-10-16-25-38/h8-16,20-29,34,45-46H,4-7,17-19,30-33H2,1-3H3. The smallest absolute Gasteiger partial charge is 0.253 e. The second-order valence-electron chi connectivity index (χ2n) is 12.9. The molecule has 0 aliphatic carbocycles. The molecular formula is C42H53Cl2N3O. The number of nitrogens with one attached hydrogen (secondary N) is 2. The van der Waals surface area contributed by atoms with Crippen LogP contribution in [0.15, 0.2) is 115 Å². The van der Waals surface area contributed by atoms with Crippen LogP contribution in [0.3, 0.4) is 0 Å². The van der Waals surface area contributed by atoms with Gasteiger partial charge in [0.25, 0.3) is 5.91 Å². The predicted octanol–water partition coefficient (Wildman–Crippen LogP) is 11.1. The van der Waals surface area contributed by atoms with Crippen molar-refractivity contribution >= 4 is 34.8 Å². The van der Waals surface area contributed by atoms with E-state index in [1.54, 1.807) is 0 Å². The number of nitrogens with zero attached hydrogens (tertiary/aromatic N) is 1. The topological polar surface area (TPSA) is 44.4 Å². The van der Waals surface area contributed by atoms with Crippen molar-refractivity contribution in [2.75, 3.05) is 24.4 Å². The number of hydrogen-bond donors (Lipinski definition) is 2. The maximum absolute atomic E-state index is 14.2. The Balaban J connectivity index is 1.61. The minimum Gasteiger partial charge on any atom is -0.337 e. The van der Waals surface area contributed by atoms with Crippen LogP contribution in [0, 0.1) is 5.92 Å². The van der Waals surface area contributed by atoms with Crippen LogP contribution < -0.4 is 10.9 Å². The van der Waals surface area contributed by atoms with Crippen molar-refractivity contribution in [3.8, 4) is 0 Å². The summed E-state index contributed by atoms with van der Waals surface area (Å²) in [7, 11) is 0. The number of hydrazine groups is 1. The molecule has 2 N–H and O–H groups in total. The number of anilines is 1. The molecule has 0 fully saturated rings. The Morgan fingerprint density at radius 2 is 1.29 bits per heavy atom. The lowest BCUT2D eigenvalue weighted by Crippen LogP contribution is -2.47. The normalized spacial score (nSPS) is 13.4. The van der Waals surface area contributed by atoms with Gasteiger partial charge in [-0.1, -0.05) is 137 Å². The van der Waals surface area contributed by atoms with E-state index in [1.807, 2.05) is 47.4 Å². The van der Waals surface area contributed by atoms with Crippen molar-refractivity contribution in [1.29, 1.82) is 0 Å². The second-order valence-corrected chi connectivity index (χ2v) is 14.1. The number of rotatable bonds is 20. The first-order valence-corrected chi connectivity index (χ1v) is 18.6. The summed E-state index contributed by atoms with van der Waals surface area (Å²) in [5, 5.41) is 0. The summed E-state index contributed by atoms with van der Waals surface area (Å²) in [5.41, 5.74) is 11.4. The number of benzene rings is 4. The molecule has 0 aliphatic heterocycles. The summed E-state index contributed by atoms with van der Waals surface area (Å²) in [6, 6.07) is 39.3. The third-order valence-corrected chi connectivity index (χ3v) is 10.4. The van der Waals surface area contributed by atoms with Gasteiger partial charge >= 0.3 is 0 Å². The van der Waals surface area contributed by atoms with Crippen molar-refractivity contribution in [3.05, 3.63) is 138 Å². The van der Waals surface area contributed by atoms with Crippen molar-refractivity contribution in [2.45, 2.75) is 82.6 Å². The maximum atomic E-state index is 14.2. The Morgan fingerprint density at radius 3 is 1.75 bits per heavy atom. The lowest BCUT2D eigenvalue weighted by molar-refractivity contribution is 0.0695. The van der Waals surface area contributed by atoms with Gasteiger partial charge in [-0.15, -0.1) is 23.2 Å². The van der Waals surface area contributed by atoms with Crippen molar-refractivity contribution < 1.29 is 4.79 Å². The molecule has 4 rings (SSSR count). The third kappa shape index (κ3) is 9.87. The molecule has 0 radical (unpaired) electrons. The lowest BCUT2D eigenvalue weighted by atomic mass is 9.77. The van der Waals surface area contributed by atoms with Crippen LogP contribution in [0.2, 0.25) is 0 Å². The summed E-state index contributed by atoms with van der Waals surface area (Å²) >= 11 is 13.2. The van der Waals surface area contributed by atoms with Gasteiger partial charge < -0.3 is 10.3 Å². The average molecular weight is 687 g/mol. The number of carbonyl (C=O) groups excluding carboxylic acids is 1. The van der Waals surface area contributed by atoms with Crippen LogP contribution in [0.25, 0.3) is 0 Å². The molecule has 48 heavy (non-hydrogen) atoms. The van der Waals surface area contributed by atoms with E-state index in [0.29, 0.717) is 30.5 Å². The SMILES string of the molecule is CCCCC(CC)CN(CC(Cl)(CC)CCCCCl)C(=O)c1ccc(NNC(c2ccccc2)(c2ccccc2)c2ccccc2)cc1. The fourth-order valence-electron chi connectivity index (χ4n) is 6.52. The monoisotopic (exact) mass is 685 g/mol. The zero-order chi connectivity index (χ0) is 34.2. The Morgan fingerprint density at radius 1 is 0.750 bits per heavy atom. The highest BCUT2D eigenvalue weighted by Gasteiger charge is 2.36. The summed E-state index contributed by atoms with van der Waals surface area (Å²) in [5.74, 6) is 1.11. The predicted molar refractivity (Wildman–Crippen MR) is 205 cm³/mol. The minimum absolute atomic E-state index is 0.0347. The van der Waals surface area contributed by atoms with Gasteiger partial charge in [0, 0.05) is 30.2 Å². The largest absolute Gasteiger partial charge is 0.337 e. The van der Waals surface area contributed by atoms with Crippen molar-refractivity contribution in [3.63, 3.8) is 0 Å². The van der Waals surface area contributed by atoms with E-state index in [-0.39, 0.29) is 5.91 Å². The summed E-state index contributed by atoms with van der Waals surface area (Å²) in [6.45, 7) is 7.82. The highest BCUT2D eigenvalue weighted by molar-refractivity contribution is 6.24. The molecule has 0 aliphatic rings. The molecular weight excluding hydrogens is 633 g/mol. The molecule has 2 unspecified atom stereocenters. The van der Waals surface area contributed by atoms with Crippen LogP contribution in [0.5, 0.6) is 0 Å². The Labute approximate surface area is 299 Å². The van der Waals surface area contributed by atoms with Crippen molar-refractivity contribution in [2.24, 2.45) is 5.92 Å². The van der Waals surface area contributed by atoms with Crippen LogP contribution in [0.1, 0.15) is 99.2 Å². The van der Waals surface area contributed by atoms with E-state index in [1.165, 1.54) is 6.42 Å². The zero-order valence-electron chi connectivity index (χ0n) is 28.9. The van der Waals surface area contributed by atoms with E-state index in [4.69, 9.17) is 23.2 Å². The van der Waals surface area contributed by atoms with Crippen LogP contribution in [-0.2, 0) is 5.54 Å². The van der Waals surface area contributed by atoms with Gasteiger partial charge in [0.1, 0.15) is 5.54 Å². The second kappa shape index (κ2) is 19.0. The quantitative estimate of drug-likeness (QED) is 0.0421. The minimum atomic E-state index is -0.671. The van der Waals surface area contributed by atoms with Gasteiger partial charge in [0.2, 0.25) is 0 Å². The number of carbonyl (C=O) groups is 1. The van der Waals surface area contributed by atoms with Crippen LogP contribution >= 0.6 is 23.2 Å². The fourth-order valence-corrected chi connectivity index (χ4v) is 6.99.